The second-order valence-corrected chi connectivity index (χ2v) is 4.71. The Morgan fingerprint density at radius 1 is 1.50 bits per heavy atom. The highest BCUT2D eigenvalue weighted by Gasteiger charge is 2.21. The van der Waals surface area contributed by atoms with Crippen LogP contribution in [0, 0.1) is 10.1 Å². The zero-order valence-electron chi connectivity index (χ0n) is 10.6. The average Bonchev–Trinajstić information content (AvgIpc) is 2.84. The highest BCUT2D eigenvalue weighted by atomic mass is 16.6. The van der Waals surface area contributed by atoms with E-state index >= 15 is 0 Å². The molecule has 5 nitrogen and oxygen atoms in total. The number of hydrogen-bond donors (Lipinski definition) is 1. The molecule has 1 unspecified atom stereocenters. The highest BCUT2D eigenvalue weighted by Crippen LogP contribution is 2.19. The monoisotopic (exact) mass is 249 g/mol. The van der Waals surface area contributed by atoms with Gasteiger partial charge in [-0.2, -0.15) is 0 Å². The van der Waals surface area contributed by atoms with Gasteiger partial charge in [0.2, 0.25) is 0 Å². The lowest BCUT2D eigenvalue weighted by molar-refractivity contribution is -0.385. The Hall–Kier alpha value is -1.46. The minimum absolute atomic E-state index is 0.238. The van der Waals surface area contributed by atoms with E-state index in [4.69, 9.17) is 0 Å². The van der Waals surface area contributed by atoms with E-state index in [1.807, 2.05) is 19.2 Å². The van der Waals surface area contributed by atoms with Crippen molar-refractivity contribution in [3.63, 3.8) is 0 Å². The first-order chi connectivity index (χ1) is 8.70. The van der Waals surface area contributed by atoms with Crippen LogP contribution in [0.5, 0.6) is 0 Å². The third-order valence-electron chi connectivity index (χ3n) is 3.57. The van der Waals surface area contributed by atoms with Gasteiger partial charge >= 0.3 is 0 Å². The number of rotatable bonds is 5. The second kappa shape index (κ2) is 5.93. The molecule has 5 heteroatoms. The van der Waals surface area contributed by atoms with Crippen LogP contribution in [0.2, 0.25) is 0 Å². The number of likely N-dealkylation sites (tertiary alicyclic amines) is 1. The van der Waals surface area contributed by atoms with Crippen molar-refractivity contribution in [2.45, 2.75) is 18.9 Å². The van der Waals surface area contributed by atoms with E-state index in [1.54, 1.807) is 12.1 Å². The molecule has 1 aliphatic rings. The zero-order chi connectivity index (χ0) is 13.0. The molecule has 0 spiro atoms. The Bertz CT molecular complexity index is 422. The normalized spacial score (nSPS) is 20.2. The summed E-state index contributed by atoms with van der Waals surface area (Å²) >= 11 is 0. The quantitative estimate of drug-likeness (QED) is 0.633. The van der Waals surface area contributed by atoms with Gasteiger partial charge < -0.3 is 10.2 Å². The van der Waals surface area contributed by atoms with Crippen LogP contribution in [0.4, 0.5) is 5.69 Å². The molecule has 2 rings (SSSR count). The van der Waals surface area contributed by atoms with Gasteiger partial charge in [0.1, 0.15) is 0 Å². The maximum atomic E-state index is 10.9. The topological polar surface area (TPSA) is 58.4 Å². The number of nitrogens with one attached hydrogen (secondary N) is 1. The summed E-state index contributed by atoms with van der Waals surface area (Å²) in [6, 6.07) is 7.58. The summed E-state index contributed by atoms with van der Waals surface area (Å²) in [7, 11) is 1.98. The Balaban J connectivity index is 1.92. The lowest BCUT2D eigenvalue weighted by Crippen LogP contribution is -2.30. The maximum absolute atomic E-state index is 10.9. The Morgan fingerprint density at radius 3 is 2.94 bits per heavy atom. The van der Waals surface area contributed by atoms with Crippen LogP contribution in [0.25, 0.3) is 0 Å². The molecule has 0 aromatic heterocycles. The number of likely N-dealkylation sites (N-methyl/N-ethyl adjacent to an activating group) is 1. The van der Waals surface area contributed by atoms with E-state index in [0.717, 1.165) is 38.0 Å². The van der Waals surface area contributed by atoms with Crippen LogP contribution >= 0.6 is 0 Å². The highest BCUT2D eigenvalue weighted by molar-refractivity contribution is 5.39. The predicted octanol–water partition coefficient (Wildman–Crippen LogP) is 1.43. The summed E-state index contributed by atoms with van der Waals surface area (Å²) in [6.45, 7) is 3.01. The smallest absolute Gasteiger partial charge is 0.272 e. The van der Waals surface area contributed by atoms with Crippen molar-refractivity contribution in [1.82, 2.24) is 10.2 Å². The molecule has 0 aliphatic carbocycles. The van der Waals surface area contributed by atoms with Crippen molar-refractivity contribution < 1.29 is 4.92 Å². The molecule has 1 aromatic rings. The van der Waals surface area contributed by atoms with Gasteiger partial charge in [-0.15, -0.1) is 0 Å². The van der Waals surface area contributed by atoms with Crippen molar-refractivity contribution in [2.24, 2.45) is 0 Å². The van der Waals surface area contributed by atoms with Gasteiger partial charge in [-0.3, -0.25) is 10.1 Å². The van der Waals surface area contributed by atoms with Crippen molar-refractivity contribution in [2.75, 3.05) is 26.7 Å². The summed E-state index contributed by atoms with van der Waals surface area (Å²) in [5.41, 5.74) is 1.07. The molecule has 0 amide bonds. The van der Waals surface area contributed by atoms with E-state index in [2.05, 4.69) is 10.2 Å². The van der Waals surface area contributed by atoms with Gasteiger partial charge in [0.25, 0.3) is 5.69 Å². The first-order valence-electron chi connectivity index (χ1n) is 6.32. The van der Waals surface area contributed by atoms with Crippen LogP contribution in [0.15, 0.2) is 24.3 Å². The third kappa shape index (κ3) is 3.05. The summed E-state index contributed by atoms with van der Waals surface area (Å²) in [5.74, 6) is 0. The molecule has 1 saturated heterocycles. The van der Waals surface area contributed by atoms with Crippen molar-refractivity contribution in [1.29, 1.82) is 0 Å². The van der Waals surface area contributed by atoms with Crippen LogP contribution in [-0.2, 0) is 6.42 Å². The first kappa shape index (κ1) is 13.0. The van der Waals surface area contributed by atoms with Gasteiger partial charge in [-0.05, 0) is 26.4 Å². The standard InChI is InChI=1S/C13H19N3O2/c1-14-12-7-9-15(10-12)8-6-11-4-2-3-5-13(11)16(17)18/h2-5,12,14H,6-10H2,1H3. The second-order valence-electron chi connectivity index (χ2n) is 4.71. The SMILES string of the molecule is CNC1CCN(CCc2ccccc2[N+](=O)[O-])C1. The fourth-order valence-corrected chi connectivity index (χ4v) is 2.45. The predicted molar refractivity (Wildman–Crippen MR) is 70.7 cm³/mol. The molecule has 1 N–H and O–H groups in total. The number of benzene rings is 1. The maximum Gasteiger partial charge on any atom is 0.272 e. The Labute approximate surface area is 107 Å². The summed E-state index contributed by atoms with van der Waals surface area (Å²) in [4.78, 5) is 13.0. The van der Waals surface area contributed by atoms with Gasteiger partial charge in [0.05, 0.1) is 4.92 Å². The van der Waals surface area contributed by atoms with E-state index in [9.17, 15) is 10.1 Å². The van der Waals surface area contributed by atoms with Crippen LogP contribution < -0.4 is 5.32 Å². The van der Waals surface area contributed by atoms with Crippen LogP contribution in [0.1, 0.15) is 12.0 Å². The van der Waals surface area contributed by atoms with E-state index < -0.39 is 0 Å². The first-order valence-corrected chi connectivity index (χ1v) is 6.32. The van der Waals surface area contributed by atoms with Gasteiger partial charge in [-0.25, -0.2) is 0 Å². The Morgan fingerprint density at radius 2 is 2.28 bits per heavy atom. The van der Waals surface area contributed by atoms with Crippen molar-refractivity contribution >= 4 is 5.69 Å². The Kier molecular flexibility index (Phi) is 4.28. The molecule has 1 atom stereocenters. The number of nitrogens with zero attached hydrogens (tertiary/aromatic N) is 2. The average molecular weight is 249 g/mol. The molecule has 98 valence electrons. The van der Waals surface area contributed by atoms with Crippen LogP contribution in [-0.4, -0.2) is 42.5 Å². The summed E-state index contributed by atoms with van der Waals surface area (Å²) in [5, 5.41) is 14.2. The summed E-state index contributed by atoms with van der Waals surface area (Å²) in [6.07, 6.45) is 1.90. The van der Waals surface area contributed by atoms with E-state index in [-0.39, 0.29) is 10.6 Å². The molecule has 1 aliphatic heterocycles. The van der Waals surface area contributed by atoms with Crippen LogP contribution in [0.3, 0.4) is 0 Å². The number of nitro groups is 1. The zero-order valence-corrected chi connectivity index (χ0v) is 10.6. The lowest BCUT2D eigenvalue weighted by Gasteiger charge is -2.15. The van der Waals surface area contributed by atoms with Gasteiger partial charge in [0.15, 0.2) is 0 Å². The molecule has 1 heterocycles. The van der Waals surface area contributed by atoms with E-state index in [0.29, 0.717) is 6.04 Å². The largest absolute Gasteiger partial charge is 0.316 e. The molecular weight excluding hydrogens is 230 g/mol. The number of nitro benzene ring substituents is 1. The van der Waals surface area contributed by atoms with Crippen molar-refractivity contribution in [3.05, 3.63) is 39.9 Å². The lowest BCUT2D eigenvalue weighted by atomic mass is 10.1. The van der Waals surface area contributed by atoms with Gasteiger partial charge in [0, 0.05) is 30.8 Å². The molecular formula is C13H19N3O2. The number of para-hydroxylation sites is 1. The molecule has 0 radical (unpaired) electrons. The third-order valence-corrected chi connectivity index (χ3v) is 3.57. The molecule has 1 fully saturated rings. The van der Waals surface area contributed by atoms with Crippen molar-refractivity contribution in [3.8, 4) is 0 Å². The molecule has 0 bridgehead atoms. The fourth-order valence-electron chi connectivity index (χ4n) is 2.45. The molecule has 18 heavy (non-hydrogen) atoms. The number of hydrogen-bond acceptors (Lipinski definition) is 4. The molecule has 1 aromatic carbocycles. The summed E-state index contributed by atoms with van der Waals surface area (Å²) < 4.78 is 0. The van der Waals surface area contributed by atoms with E-state index in [1.165, 1.54) is 0 Å². The minimum atomic E-state index is -0.296. The fraction of sp³-hybridized carbons (Fsp3) is 0.538. The van der Waals surface area contributed by atoms with Gasteiger partial charge in [-0.1, -0.05) is 18.2 Å². The minimum Gasteiger partial charge on any atom is -0.316 e. The molecule has 0 saturated carbocycles.